The monoisotopic (exact) mass is 351 g/mol. The van der Waals surface area contributed by atoms with Gasteiger partial charge in [0.25, 0.3) is 0 Å². The molecule has 4 nitrogen and oxygen atoms in total. The predicted molar refractivity (Wildman–Crippen MR) is 104 cm³/mol. The number of hydrogen-bond donors (Lipinski definition) is 2. The molecule has 2 aromatic carbocycles. The van der Waals surface area contributed by atoms with E-state index in [1.165, 1.54) is 22.5 Å². The molecule has 0 bridgehead atoms. The van der Waals surface area contributed by atoms with Crippen LogP contribution in [-0.4, -0.2) is 17.1 Å². The number of thiazole rings is 1. The van der Waals surface area contributed by atoms with Crippen LogP contribution in [0.5, 0.6) is 0 Å². The summed E-state index contributed by atoms with van der Waals surface area (Å²) in [5.74, 6) is 0. The van der Waals surface area contributed by atoms with Crippen molar-refractivity contribution in [2.45, 2.75) is 26.3 Å². The zero-order valence-corrected chi connectivity index (χ0v) is 15.1. The van der Waals surface area contributed by atoms with Crippen LogP contribution in [0.2, 0.25) is 0 Å². The third-order valence-electron chi connectivity index (χ3n) is 3.65. The molecule has 5 heteroatoms. The number of urea groups is 1. The summed E-state index contributed by atoms with van der Waals surface area (Å²) in [5, 5.41) is 8.11. The Morgan fingerprint density at radius 2 is 1.72 bits per heavy atom. The van der Waals surface area contributed by atoms with Crippen LogP contribution in [0.15, 0.2) is 60.0 Å². The van der Waals surface area contributed by atoms with Gasteiger partial charge in [-0.1, -0.05) is 54.6 Å². The summed E-state index contributed by atoms with van der Waals surface area (Å²) in [6.07, 6.45) is 0.917. The minimum absolute atomic E-state index is 0.0941. The second-order valence-electron chi connectivity index (χ2n) is 6.15. The molecule has 3 rings (SSSR count). The highest BCUT2D eigenvalue weighted by Gasteiger charge is 2.08. The van der Waals surface area contributed by atoms with Crippen molar-refractivity contribution in [3.63, 3.8) is 0 Å². The first-order valence-electron chi connectivity index (χ1n) is 8.26. The lowest BCUT2D eigenvalue weighted by molar-refractivity contribution is 0.250. The van der Waals surface area contributed by atoms with E-state index in [1.54, 1.807) is 0 Å². The van der Waals surface area contributed by atoms with Gasteiger partial charge in [-0.3, -0.25) is 5.32 Å². The number of benzene rings is 2. The first-order valence-corrected chi connectivity index (χ1v) is 9.14. The molecule has 1 heterocycles. The zero-order chi connectivity index (χ0) is 17.6. The molecule has 2 N–H and O–H groups in total. The smallest absolute Gasteiger partial charge is 0.321 e. The van der Waals surface area contributed by atoms with E-state index in [1.807, 2.05) is 25.3 Å². The molecule has 2 amide bonds. The van der Waals surface area contributed by atoms with E-state index in [4.69, 9.17) is 0 Å². The number of nitrogens with zero attached hydrogens (tertiary/aromatic N) is 1. The molecule has 25 heavy (non-hydrogen) atoms. The van der Waals surface area contributed by atoms with Crippen molar-refractivity contribution in [3.05, 3.63) is 71.1 Å². The topological polar surface area (TPSA) is 54.0 Å². The number of aromatic nitrogens is 1. The van der Waals surface area contributed by atoms with Crippen LogP contribution in [-0.2, 0) is 6.42 Å². The van der Waals surface area contributed by atoms with Crippen LogP contribution < -0.4 is 10.6 Å². The Balaban J connectivity index is 1.65. The number of carbonyl (C=O) groups is 1. The summed E-state index contributed by atoms with van der Waals surface area (Å²) in [4.78, 5) is 16.2. The van der Waals surface area contributed by atoms with Crippen molar-refractivity contribution in [2.75, 3.05) is 5.32 Å². The molecule has 0 unspecified atom stereocenters. The molecule has 0 saturated carbocycles. The van der Waals surface area contributed by atoms with E-state index in [9.17, 15) is 4.79 Å². The molecular weight excluding hydrogens is 330 g/mol. The number of hydrogen-bond acceptors (Lipinski definition) is 3. The van der Waals surface area contributed by atoms with Crippen LogP contribution in [0.25, 0.3) is 11.3 Å². The molecule has 0 atom stereocenters. The van der Waals surface area contributed by atoms with E-state index < -0.39 is 0 Å². The summed E-state index contributed by atoms with van der Waals surface area (Å²) in [7, 11) is 0. The van der Waals surface area contributed by atoms with Crippen LogP contribution >= 0.6 is 11.3 Å². The number of amides is 2. The average Bonchev–Trinajstić information content (AvgIpc) is 3.04. The molecule has 0 aliphatic rings. The van der Waals surface area contributed by atoms with Crippen LogP contribution in [0.4, 0.5) is 9.93 Å². The molecule has 128 valence electrons. The summed E-state index contributed by atoms with van der Waals surface area (Å²) in [5.41, 5.74) is 4.48. The maximum Gasteiger partial charge on any atom is 0.321 e. The molecule has 0 fully saturated rings. The van der Waals surface area contributed by atoms with E-state index in [0.717, 1.165) is 17.7 Å². The lowest BCUT2D eigenvalue weighted by Gasteiger charge is -2.07. The highest BCUT2D eigenvalue weighted by Crippen LogP contribution is 2.25. The standard InChI is InChI=1S/C20H21N3OS/c1-14(2)21-19(24)23-20-22-18(13-25-20)17-10-8-16(9-11-17)12-15-6-4-3-5-7-15/h3-11,13-14H,12H2,1-2H3,(H2,21,22,23,24). The summed E-state index contributed by atoms with van der Waals surface area (Å²) in [6, 6.07) is 18.7. The Hall–Kier alpha value is -2.66. The van der Waals surface area contributed by atoms with Gasteiger partial charge in [0.1, 0.15) is 0 Å². The maximum atomic E-state index is 11.7. The lowest BCUT2D eigenvalue weighted by atomic mass is 10.0. The van der Waals surface area contributed by atoms with Crippen molar-refractivity contribution in [1.29, 1.82) is 0 Å². The highest BCUT2D eigenvalue weighted by atomic mass is 32.1. The largest absolute Gasteiger partial charge is 0.336 e. The number of carbonyl (C=O) groups excluding carboxylic acids is 1. The minimum atomic E-state index is -0.228. The third-order valence-corrected chi connectivity index (χ3v) is 4.40. The highest BCUT2D eigenvalue weighted by molar-refractivity contribution is 7.14. The Morgan fingerprint density at radius 3 is 2.40 bits per heavy atom. The first-order chi connectivity index (χ1) is 12.1. The Kier molecular flexibility index (Phi) is 5.46. The summed E-state index contributed by atoms with van der Waals surface area (Å²) >= 11 is 1.42. The number of anilines is 1. The minimum Gasteiger partial charge on any atom is -0.336 e. The number of nitrogens with one attached hydrogen (secondary N) is 2. The number of rotatable bonds is 5. The van der Waals surface area contributed by atoms with E-state index in [-0.39, 0.29) is 12.1 Å². The van der Waals surface area contributed by atoms with E-state index in [2.05, 4.69) is 64.1 Å². The van der Waals surface area contributed by atoms with Crippen LogP contribution in [0.1, 0.15) is 25.0 Å². The van der Waals surface area contributed by atoms with Gasteiger partial charge in [-0.25, -0.2) is 9.78 Å². The van der Waals surface area contributed by atoms with Gasteiger partial charge in [-0.15, -0.1) is 11.3 Å². The van der Waals surface area contributed by atoms with Crippen molar-refractivity contribution < 1.29 is 4.79 Å². The maximum absolute atomic E-state index is 11.7. The second kappa shape index (κ2) is 7.94. The molecule has 0 radical (unpaired) electrons. The van der Waals surface area contributed by atoms with Gasteiger partial charge in [0.2, 0.25) is 0 Å². The van der Waals surface area contributed by atoms with Gasteiger partial charge >= 0.3 is 6.03 Å². The molecule has 0 spiro atoms. The third kappa shape index (κ3) is 4.90. The average molecular weight is 351 g/mol. The van der Waals surface area contributed by atoms with E-state index in [0.29, 0.717) is 5.13 Å². The lowest BCUT2D eigenvalue weighted by Crippen LogP contribution is -2.34. The Bertz CT molecular complexity index is 826. The summed E-state index contributed by atoms with van der Waals surface area (Å²) in [6.45, 7) is 3.84. The second-order valence-corrected chi connectivity index (χ2v) is 7.01. The van der Waals surface area contributed by atoms with Crippen LogP contribution in [0, 0.1) is 0 Å². The molecular formula is C20H21N3OS. The predicted octanol–water partition coefficient (Wildman–Crippen LogP) is 4.93. The van der Waals surface area contributed by atoms with Gasteiger partial charge in [0.05, 0.1) is 5.69 Å². The fraction of sp³-hybridized carbons (Fsp3) is 0.200. The van der Waals surface area contributed by atoms with E-state index >= 15 is 0 Å². The van der Waals surface area contributed by atoms with Gasteiger partial charge in [-0.2, -0.15) is 0 Å². The Labute approximate surface area is 151 Å². The fourth-order valence-electron chi connectivity index (χ4n) is 2.48. The van der Waals surface area contributed by atoms with Crippen molar-refractivity contribution in [2.24, 2.45) is 0 Å². The normalized spacial score (nSPS) is 10.7. The molecule has 0 aliphatic carbocycles. The Morgan fingerprint density at radius 1 is 1.04 bits per heavy atom. The van der Waals surface area contributed by atoms with Gasteiger partial charge in [0, 0.05) is 17.0 Å². The molecule has 0 aliphatic heterocycles. The SMILES string of the molecule is CC(C)NC(=O)Nc1nc(-c2ccc(Cc3ccccc3)cc2)cs1. The molecule has 0 saturated heterocycles. The fourth-order valence-corrected chi connectivity index (χ4v) is 3.20. The molecule has 3 aromatic rings. The van der Waals surface area contributed by atoms with Crippen molar-refractivity contribution >= 4 is 22.5 Å². The van der Waals surface area contributed by atoms with Gasteiger partial charge in [0.15, 0.2) is 5.13 Å². The van der Waals surface area contributed by atoms with Gasteiger partial charge < -0.3 is 5.32 Å². The quantitative estimate of drug-likeness (QED) is 0.685. The summed E-state index contributed by atoms with van der Waals surface area (Å²) < 4.78 is 0. The molecule has 1 aromatic heterocycles. The van der Waals surface area contributed by atoms with Crippen molar-refractivity contribution in [1.82, 2.24) is 10.3 Å². The van der Waals surface area contributed by atoms with Crippen LogP contribution in [0.3, 0.4) is 0 Å². The van der Waals surface area contributed by atoms with Gasteiger partial charge in [-0.05, 0) is 31.4 Å². The zero-order valence-electron chi connectivity index (χ0n) is 14.3. The van der Waals surface area contributed by atoms with Crippen molar-refractivity contribution in [3.8, 4) is 11.3 Å². The first kappa shape index (κ1) is 17.2.